The van der Waals surface area contributed by atoms with Crippen LogP contribution in [0.3, 0.4) is 0 Å². The number of carbonyl (C=O) groups excluding carboxylic acids is 1. The Morgan fingerprint density at radius 1 is 1.33 bits per heavy atom. The first-order chi connectivity index (χ1) is 11.5. The SMILES string of the molecule is CCN(CC)S(=O)(=O)c1ccc([C@H](C#N)C(=O)c2ccoc2)nc1. The molecular formula is C16H17N3O4S. The maximum Gasteiger partial charge on any atom is 0.244 e. The number of rotatable bonds is 7. The number of aromatic nitrogens is 1. The minimum atomic E-state index is -3.63. The monoisotopic (exact) mass is 347 g/mol. The Labute approximate surface area is 140 Å². The Balaban J connectivity index is 2.32. The molecule has 0 aliphatic heterocycles. The Bertz CT molecular complexity index is 832. The molecule has 0 N–H and O–H groups in total. The Morgan fingerprint density at radius 2 is 2.04 bits per heavy atom. The van der Waals surface area contributed by atoms with Crippen LogP contribution in [0.5, 0.6) is 0 Å². The summed E-state index contributed by atoms with van der Waals surface area (Å²) in [6.45, 7) is 4.19. The second-order valence-corrected chi connectivity index (χ2v) is 6.88. The van der Waals surface area contributed by atoms with Crippen molar-refractivity contribution >= 4 is 15.8 Å². The third kappa shape index (κ3) is 3.37. The summed E-state index contributed by atoms with van der Waals surface area (Å²) in [4.78, 5) is 16.3. The van der Waals surface area contributed by atoms with Crippen LogP contribution in [0.15, 0.2) is 46.2 Å². The van der Waals surface area contributed by atoms with E-state index in [1.165, 1.54) is 41.2 Å². The molecule has 8 heteroatoms. The normalized spacial score (nSPS) is 12.8. The van der Waals surface area contributed by atoms with Gasteiger partial charge in [0, 0.05) is 19.3 Å². The number of furan rings is 1. The lowest BCUT2D eigenvalue weighted by Gasteiger charge is -2.18. The van der Waals surface area contributed by atoms with Gasteiger partial charge in [0.25, 0.3) is 0 Å². The molecule has 1 atom stereocenters. The fourth-order valence-electron chi connectivity index (χ4n) is 2.26. The van der Waals surface area contributed by atoms with Gasteiger partial charge in [0.1, 0.15) is 11.2 Å². The summed E-state index contributed by atoms with van der Waals surface area (Å²) in [6.07, 6.45) is 3.77. The minimum absolute atomic E-state index is 0.0300. The molecule has 0 spiro atoms. The van der Waals surface area contributed by atoms with Gasteiger partial charge in [0.15, 0.2) is 11.7 Å². The van der Waals surface area contributed by atoms with Gasteiger partial charge in [-0.2, -0.15) is 9.57 Å². The van der Waals surface area contributed by atoms with Crippen molar-refractivity contribution in [1.29, 1.82) is 5.26 Å². The first-order valence-corrected chi connectivity index (χ1v) is 8.81. The number of hydrogen-bond acceptors (Lipinski definition) is 6. The molecule has 2 heterocycles. The van der Waals surface area contributed by atoms with E-state index in [2.05, 4.69) is 4.98 Å². The van der Waals surface area contributed by atoms with Gasteiger partial charge in [-0.3, -0.25) is 9.78 Å². The van der Waals surface area contributed by atoms with Crippen LogP contribution in [-0.2, 0) is 10.0 Å². The van der Waals surface area contributed by atoms with E-state index in [-0.39, 0.29) is 16.2 Å². The lowest BCUT2D eigenvalue weighted by atomic mass is 9.97. The third-order valence-electron chi connectivity index (χ3n) is 3.60. The first-order valence-electron chi connectivity index (χ1n) is 7.37. The van der Waals surface area contributed by atoms with Gasteiger partial charge in [0.05, 0.1) is 23.6 Å². The number of Topliss-reactive ketones (excluding diaryl/α,β-unsaturated/α-hetero) is 1. The van der Waals surface area contributed by atoms with Gasteiger partial charge in [-0.05, 0) is 18.2 Å². The molecule has 0 aromatic carbocycles. The molecule has 0 bridgehead atoms. The molecule has 7 nitrogen and oxygen atoms in total. The zero-order valence-electron chi connectivity index (χ0n) is 13.3. The molecule has 0 aliphatic carbocycles. The smallest absolute Gasteiger partial charge is 0.244 e. The number of carbonyl (C=O) groups is 1. The molecule has 24 heavy (non-hydrogen) atoms. The first kappa shape index (κ1) is 17.8. The fraction of sp³-hybridized carbons (Fsp3) is 0.312. The maximum atomic E-state index is 12.4. The van der Waals surface area contributed by atoms with Crippen LogP contribution >= 0.6 is 0 Å². The van der Waals surface area contributed by atoms with Crippen LogP contribution < -0.4 is 0 Å². The number of ketones is 1. The zero-order valence-corrected chi connectivity index (χ0v) is 14.2. The van der Waals surface area contributed by atoms with Crippen LogP contribution in [0.1, 0.15) is 35.8 Å². The molecule has 0 aliphatic rings. The quantitative estimate of drug-likeness (QED) is 0.711. The molecule has 0 saturated heterocycles. The molecule has 0 saturated carbocycles. The molecule has 126 valence electrons. The Morgan fingerprint density at radius 3 is 2.50 bits per heavy atom. The predicted molar refractivity (Wildman–Crippen MR) is 85.7 cm³/mol. The van der Waals surface area contributed by atoms with Crippen LogP contribution in [-0.4, -0.2) is 36.6 Å². The van der Waals surface area contributed by atoms with E-state index >= 15 is 0 Å². The van der Waals surface area contributed by atoms with Crippen LogP contribution in [0.2, 0.25) is 0 Å². The van der Waals surface area contributed by atoms with Crippen LogP contribution in [0.25, 0.3) is 0 Å². The summed E-state index contributed by atoms with van der Waals surface area (Å²) in [5.74, 6) is -1.56. The molecule has 2 aromatic rings. The average molecular weight is 347 g/mol. The second-order valence-electron chi connectivity index (χ2n) is 4.95. The fourth-order valence-corrected chi connectivity index (χ4v) is 3.66. The minimum Gasteiger partial charge on any atom is -0.472 e. The number of sulfonamides is 1. The number of pyridine rings is 1. The van der Waals surface area contributed by atoms with E-state index in [0.717, 1.165) is 0 Å². The summed E-state index contributed by atoms with van der Waals surface area (Å²) in [5.41, 5.74) is 0.463. The van der Waals surface area contributed by atoms with Crippen molar-refractivity contribution in [2.75, 3.05) is 13.1 Å². The predicted octanol–water partition coefficient (Wildman–Crippen LogP) is 2.20. The highest BCUT2D eigenvalue weighted by molar-refractivity contribution is 7.89. The van der Waals surface area contributed by atoms with Gasteiger partial charge in [-0.25, -0.2) is 8.42 Å². The summed E-state index contributed by atoms with van der Waals surface area (Å²) >= 11 is 0. The lowest BCUT2D eigenvalue weighted by molar-refractivity contribution is 0.0977. The van der Waals surface area contributed by atoms with Crippen LogP contribution in [0.4, 0.5) is 0 Å². The number of nitrogens with zero attached hydrogens (tertiary/aromatic N) is 3. The van der Waals surface area contributed by atoms with E-state index in [1.54, 1.807) is 13.8 Å². The number of nitriles is 1. The molecule has 0 amide bonds. The van der Waals surface area contributed by atoms with Gasteiger partial charge in [0.2, 0.25) is 10.0 Å². The highest BCUT2D eigenvalue weighted by Gasteiger charge is 2.26. The second kappa shape index (κ2) is 7.38. The standard InChI is InChI=1S/C16H17N3O4S/c1-3-19(4-2)24(21,22)13-5-6-15(18-10-13)14(9-17)16(20)12-7-8-23-11-12/h5-8,10-11,14H,3-4H2,1-2H3/t14-/m0/s1. The van der Waals surface area contributed by atoms with Crippen molar-refractivity contribution in [3.05, 3.63) is 48.2 Å². The molecule has 2 rings (SSSR count). The van der Waals surface area contributed by atoms with E-state index in [1.807, 2.05) is 6.07 Å². The molecular weight excluding hydrogens is 330 g/mol. The molecule has 0 radical (unpaired) electrons. The average Bonchev–Trinajstić information content (AvgIpc) is 3.11. The topological polar surface area (TPSA) is 104 Å². The van der Waals surface area contributed by atoms with Crippen molar-refractivity contribution in [1.82, 2.24) is 9.29 Å². The van der Waals surface area contributed by atoms with Gasteiger partial charge in [-0.1, -0.05) is 13.8 Å². The molecule has 2 aromatic heterocycles. The van der Waals surface area contributed by atoms with Crippen molar-refractivity contribution in [2.24, 2.45) is 0 Å². The van der Waals surface area contributed by atoms with E-state index in [4.69, 9.17) is 4.42 Å². The maximum absolute atomic E-state index is 12.4. The van der Waals surface area contributed by atoms with Gasteiger partial charge < -0.3 is 4.42 Å². The zero-order chi connectivity index (χ0) is 17.7. The van der Waals surface area contributed by atoms with E-state index < -0.39 is 21.7 Å². The van der Waals surface area contributed by atoms with Crippen LogP contribution in [0, 0.1) is 11.3 Å². The lowest BCUT2D eigenvalue weighted by Crippen LogP contribution is -2.30. The van der Waals surface area contributed by atoms with Crippen molar-refractivity contribution in [3.8, 4) is 6.07 Å². The van der Waals surface area contributed by atoms with Gasteiger partial charge >= 0.3 is 0 Å². The largest absolute Gasteiger partial charge is 0.472 e. The van der Waals surface area contributed by atoms with E-state index in [0.29, 0.717) is 13.1 Å². The van der Waals surface area contributed by atoms with Crippen molar-refractivity contribution in [2.45, 2.75) is 24.7 Å². The Kier molecular flexibility index (Phi) is 5.49. The van der Waals surface area contributed by atoms with Crippen molar-refractivity contribution < 1.29 is 17.6 Å². The summed E-state index contributed by atoms with van der Waals surface area (Å²) < 4.78 is 31.0. The summed E-state index contributed by atoms with van der Waals surface area (Å²) in [6, 6.07) is 6.12. The Hall–Kier alpha value is -2.50. The summed E-state index contributed by atoms with van der Waals surface area (Å²) in [5, 5.41) is 9.27. The van der Waals surface area contributed by atoms with Crippen molar-refractivity contribution in [3.63, 3.8) is 0 Å². The highest BCUT2D eigenvalue weighted by atomic mass is 32.2. The van der Waals surface area contributed by atoms with Gasteiger partial charge in [-0.15, -0.1) is 0 Å². The number of hydrogen-bond donors (Lipinski definition) is 0. The molecule has 0 fully saturated rings. The third-order valence-corrected chi connectivity index (χ3v) is 5.63. The van der Waals surface area contributed by atoms with E-state index in [9.17, 15) is 18.5 Å². The summed E-state index contributed by atoms with van der Waals surface area (Å²) in [7, 11) is -3.63. The molecule has 0 unspecified atom stereocenters. The highest BCUT2D eigenvalue weighted by Crippen LogP contribution is 2.21.